The summed E-state index contributed by atoms with van der Waals surface area (Å²) in [6, 6.07) is 3.72. The quantitative estimate of drug-likeness (QED) is 0.844. The van der Waals surface area contributed by atoms with Crippen LogP contribution in [0.4, 0.5) is 5.82 Å². The number of anilines is 1. The number of rotatable bonds is 5. The number of hydrogen-bond acceptors (Lipinski definition) is 5. The number of aromatic nitrogens is 4. The Hall–Kier alpha value is -1.66. The van der Waals surface area contributed by atoms with Gasteiger partial charge < -0.3 is 9.47 Å². The summed E-state index contributed by atoms with van der Waals surface area (Å²) in [5.74, 6) is 2.05. The van der Waals surface area contributed by atoms with Crippen LogP contribution in [-0.4, -0.2) is 50.8 Å². The molecule has 0 spiro atoms. The molecule has 0 aromatic carbocycles. The molecule has 1 fully saturated rings. The summed E-state index contributed by atoms with van der Waals surface area (Å²) in [6.45, 7) is 8.04. The van der Waals surface area contributed by atoms with Gasteiger partial charge in [-0.2, -0.15) is 0 Å². The van der Waals surface area contributed by atoms with Crippen LogP contribution in [0.25, 0.3) is 0 Å². The summed E-state index contributed by atoms with van der Waals surface area (Å²) in [6.07, 6.45) is 5.09. The third kappa shape index (κ3) is 3.56. The van der Waals surface area contributed by atoms with E-state index in [1.807, 2.05) is 12.3 Å². The van der Waals surface area contributed by atoms with Gasteiger partial charge in [0.2, 0.25) is 0 Å². The smallest absolute Gasteiger partial charge is 0.151 e. The second-order valence-corrected chi connectivity index (χ2v) is 5.90. The van der Waals surface area contributed by atoms with Gasteiger partial charge in [-0.05, 0) is 18.6 Å². The van der Waals surface area contributed by atoms with Crippen LogP contribution in [0.5, 0.6) is 0 Å². The number of piperazine rings is 1. The van der Waals surface area contributed by atoms with Crippen molar-refractivity contribution >= 4 is 17.4 Å². The zero-order valence-electron chi connectivity index (χ0n) is 12.8. The van der Waals surface area contributed by atoms with Crippen LogP contribution < -0.4 is 4.90 Å². The van der Waals surface area contributed by atoms with E-state index in [9.17, 15) is 0 Å². The monoisotopic (exact) mass is 320 g/mol. The molecule has 7 heteroatoms. The molecule has 3 heterocycles. The van der Waals surface area contributed by atoms with Crippen molar-refractivity contribution < 1.29 is 0 Å². The molecule has 1 aliphatic heterocycles. The van der Waals surface area contributed by atoms with E-state index in [4.69, 9.17) is 11.6 Å². The lowest BCUT2D eigenvalue weighted by Crippen LogP contribution is -2.46. The van der Waals surface area contributed by atoms with Gasteiger partial charge in [0.25, 0.3) is 0 Å². The molecule has 22 heavy (non-hydrogen) atoms. The molecule has 0 atom stereocenters. The lowest BCUT2D eigenvalue weighted by Gasteiger charge is -2.34. The van der Waals surface area contributed by atoms with Gasteiger partial charge in [-0.1, -0.05) is 18.5 Å². The maximum atomic E-state index is 5.78. The molecule has 2 aromatic rings. The van der Waals surface area contributed by atoms with Gasteiger partial charge in [0, 0.05) is 45.1 Å². The molecule has 0 bridgehead atoms. The van der Waals surface area contributed by atoms with Crippen LogP contribution in [0.3, 0.4) is 0 Å². The maximum absolute atomic E-state index is 5.78. The first-order chi connectivity index (χ1) is 10.8. The van der Waals surface area contributed by atoms with Gasteiger partial charge in [-0.25, -0.2) is 4.98 Å². The fourth-order valence-electron chi connectivity index (χ4n) is 2.75. The predicted molar refractivity (Wildman–Crippen MR) is 87.1 cm³/mol. The largest absolute Gasteiger partial charge is 0.353 e. The number of halogens is 1. The molecule has 0 saturated carbocycles. The second kappa shape index (κ2) is 7.07. The van der Waals surface area contributed by atoms with Crippen LogP contribution in [0.1, 0.15) is 19.2 Å². The summed E-state index contributed by atoms with van der Waals surface area (Å²) in [4.78, 5) is 9.17. The van der Waals surface area contributed by atoms with Crippen molar-refractivity contribution in [3.63, 3.8) is 0 Å². The molecular weight excluding hydrogens is 300 g/mol. The third-order valence-corrected chi connectivity index (χ3v) is 4.15. The van der Waals surface area contributed by atoms with E-state index in [1.54, 1.807) is 6.07 Å². The number of nitrogens with zero attached hydrogens (tertiary/aromatic N) is 6. The molecule has 0 unspecified atom stereocenters. The molecule has 0 radical (unpaired) electrons. The van der Waals surface area contributed by atoms with E-state index in [0.717, 1.165) is 57.3 Å². The Balaban J connectivity index is 1.55. The topological polar surface area (TPSA) is 50.1 Å². The van der Waals surface area contributed by atoms with Gasteiger partial charge in [-0.15, -0.1) is 10.2 Å². The first kappa shape index (κ1) is 15.2. The minimum absolute atomic E-state index is 0.435. The highest BCUT2D eigenvalue weighted by Gasteiger charge is 2.19. The molecule has 0 N–H and O–H groups in total. The fraction of sp³-hybridized carbons (Fsp3) is 0.533. The zero-order chi connectivity index (χ0) is 15.4. The zero-order valence-corrected chi connectivity index (χ0v) is 13.6. The van der Waals surface area contributed by atoms with Crippen LogP contribution in [0.2, 0.25) is 5.15 Å². The van der Waals surface area contributed by atoms with E-state index < -0.39 is 0 Å². The Morgan fingerprint density at radius 3 is 2.64 bits per heavy atom. The van der Waals surface area contributed by atoms with E-state index in [0.29, 0.717) is 5.15 Å². The summed E-state index contributed by atoms with van der Waals surface area (Å²) in [7, 11) is 0. The van der Waals surface area contributed by atoms with Crippen molar-refractivity contribution in [2.45, 2.75) is 26.4 Å². The lowest BCUT2D eigenvalue weighted by molar-refractivity contribution is 0.240. The summed E-state index contributed by atoms with van der Waals surface area (Å²) >= 11 is 5.78. The van der Waals surface area contributed by atoms with E-state index >= 15 is 0 Å². The van der Waals surface area contributed by atoms with Crippen molar-refractivity contribution in [3.05, 3.63) is 35.5 Å². The Bertz CT molecular complexity index is 588. The van der Waals surface area contributed by atoms with Crippen LogP contribution >= 0.6 is 11.6 Å². The van der Waals surface area contributed by atoms with Crippen molar-refractivity contribution in [1.82, 2.24) is 24.6 Å². The first-order valence-electron chi connectivity index (χ1n) is 7.73. The van der Waals surface area contributed by atoms with Crippen molar-refractivity contribution in [1.29, 1.82) is 0 Å². The number of hydrogen-bond donors (Lipinski definition) is 0. The molecule has 0 amide bonds. The summed E-state index contributed by atoms with van der Waals surface area (Å²) < 4.78 is 2.25. The molecule has 2 aromatic heterocycles. The number of imidazole rings is 1. The average molecular weight is 321 g/mol. The van der Waals surface area contributed by atoms with Gasteiger partial charge in [0.15, 0.2) is 11.0 Å². The standard InChI is InChI=1S/C15H21ClN6/c1-2-6-21-7-5-17-15(21)12-20-8-10-22(11-9-20)14-4-3-13(16)18-19-14/h3-5,7H,2,6,8-12H2,1H3. The molecular formula is C15H21ClN6. The SMILES string of the molecule is CCCn1ccnc1CN1CCN(c2ccc(Cl)nn2)CC1. The van der Waals surface area contributed by atoms with Crippen LogP contribution in [0, 0.1) is 0 Å². The van der Waals surface area contributed by atoms with Crippen LogP contribution in [-0.2, 0) is 13.1 Å². The highest BCUT2D eigenvalue weighted by atomic mass is 35.5. The van der Waals surface area contributed by atoms with E-state index in [1.165, 1.54) is 0 Å². The molecule has 6 nitrogen and oxygen atoms in total. The Morgan fingerprint density at radius 1 is 1.14 bits per heavy atom. The van der Waals surface area contributed by atoms with Crippen LogP contribution in [0.15, 0.2) is 24.5 Å². The third-order valence-electron chi connectivity index (χ3n) is 3.95. The normalized spacial score (nSPS) is 16.2. The highest BCUT2D eigenvalue weighted by molar-refractivity contribution is 6.29. The van der Waals surface area contributed by atoms with Gasteiger partial charge in [0.1, 0.15) is 5.82 Å². The Morgan fingerprint density at radius 2 is 1.95 bits per heavy atom. The van der Waals surface area contributed by atoms with Gasteiger partial charge in [-0.3, -0.25) is 4.90 Å². The van der Waals surface area contributed by atoms with Gasteiger partial charge >= 0.3 is 0 Å². The van der Waals surface area contributed by atoms with E-state index in [-0.39, 0.29) is 0 Å². The van der Waals surface area contributed by atoms with Gasteiger partial charge in [0.05, 0.1) is 6.54 Å². The fourth-order valence-corrected chi connectivity index (χ4v) is 2.85. The predicted octanol–water partition coefficient (Wildman–Crippen LogP) is 2.06. The molecule has 0 aliphatic carbocycles. The first-order valence-corrected chi connectivity index (χ1v) is 8.10. The molecule has 3 rings (SSSR count). The van der Waals surface area contributed by atoms with Crippen molar-refractivity contribution in [2.75, 3.05) is 31.1 Å². The lowest BCUT2D eigenvalue weighted by atomic mass is 10.3. The minimum atomic E-state index is 0.435. The Kier molecular flexibility index (Phi) is 4.90. The maximum Gasteiger partial charge on any atom is 0.151 e. The molecule has 118 valence electrons. The molecule has 1 saturated heterocycles. The summed E-state index contributed by atoms with van der Waals surface area (Å²) in [5, 5.41) is 8.50. The highest BCUT2D eigenvalue weighted by Crippen LogP contribution is 2.15. The minimum Gasteiger partial charge on any atom is -0.353 e. The van der Waals surface area contributed by atoms with E-state index in [2.05, 4.69) is 42.7 Å². The summed E-state index contributed by atoms with van der Waals surface area (Å²) in [5.41, 5.74) is 0. The van der Waals surface area contributed by atoms with Crippen molar-refractivity contribution in [2.24, 2.45) is 0 Å². The number of aryl methyl sites for hydroxylation is 1. The second-order valence-electron chi connectivity index (χ2n) is 5.51. The Labute approximate surface area is 135 Å². The van der Waals surface area contributed by atoms with Crippen molar-refractivity contribution in [3.8, 4) is 0 Å². The molecule has 1 aliphatic rings. The average Bonchev–Trinajstić information content (AvgIpc) is 2.97.